The fourth-order valence-electron chi connectivity index (χ4n) is 2.60. The number of carbonyl (C=O) groups excluding carboxylic acids is 1. The third-order valence-corrected chi connectivity index (χ3v) is 3.49. The first kappa shape index (κ1) is 16.3. The molecule has 2 N–H and O–H groups in total. The average molecular weight is 270 g/mol. The molecule has 0 spiro atoms. The van der Waals surface area contributed by atoms with Crippen LogP contribution in [-0.4, -0.2) is 30.8 Å². The molecule has 4 nitrogen and oxygen atoms in total. The van der Waals surface area contributed by atoms with E-state index in [9.17, 15) is 4.79 Å². The van der Waals surface area contributed by atoms with E-state index in [2.05, 4.69) is 17.6 Å². The number of rotatable bonds is 6. The Morgan fingerprint density at radius 1 is 1.32 bits per heavy atom. The highest BCUT2D eigenvalue weighted by molar-refractivity contribution is 5.67. The van der Waals surface area contributed by atoms with Crippen LogP contribution in [0.3, 0.4) is 0 Å². The van der Waals surface area contributed by atoms with E-state index in [1.54, 1.807) is 0 Å². The zero-order valence-corrected chi connectivity index (χ0v) is 12.9. The van der Waals surface area contributed by atoms with E-state index in [0.717, 1.165) is 13.0 Å². The van der Waals surface area contributed by atoms with Crippen molar-refractivity contribution in [3.63, 3.8) is 0 Å². The Bertz CT molecular complexity index is 268. The summed E-state index contributed by atoms with van der Waals surface area (Å²) in [7, 11) is 0. The summed E-state index contributed by atoms with van der Waals surface area (Å²) in [4.78, 5) is 11.7. The normalized spacial score (nSPS) is 18.3. The Morgan fingerprint density at radius 3 is 2.47 bits per heavy atom. The molecule has 0 bridgehead atoms. The molecule has 4 heteroatoms. The number of amides is 1. The molecule has 19 heavy (non-hydrogen) atoms. The Morgan fingerprint density at radius 2 is 1.95 bits per heavy atom. The van der Waals surface area contributed by atoms with Crippen LogP contribution in [0.2, 0.25) is 0 Å². The molecule has 1 saturated carbocycles. The average Bonchev–Trinajstić information content (AvgIpc) is 2.80. The predicted octanol–water partition coefficient (Wildman–Crippen LogP) is 3.07. The van der Waals surface area contributed by atoms with Gasteiger partial charge in [0.15, 0.2) is 0 Å². The van der Waals surface area contributed by atoms with E-state index in [0.29, 0.717) is 18.5 Å². The van der Waals surface area contributed by atoms with Gasteiger partial charge in [0, 0.05) is 12.6 Å². The summed E-state index contributed by atoms with van der Waals surface area (Å²) in [5, 5.41) is 6.46. The molecule has 0 aromatic heterocycles. The smallest absolute Gasteiger partial charge is 0.407 e. The van der Waals surface area contributed by atoms with Crippen LogP contribution in [0.1, 0.15) is 59.8 Å². The standard InChI is InChI=1S/C15H30N2O2/c1-5-10-16-13(12-8-6-7-9-12)11-17-14(18)19-15(2,3)4/h12-13,16H,5-11H2,1-4H3,(H,17,18). The van der Waals surface area contributed by atoms with Crippen molar-refractivity contribution in [3.05, 3.63) is 0 Å². The quantitative estimate of drug-likeness (QED) is 0.780. The summed E-state index contributed by atoms with van der Waals surface area (Å²) < 4.78 is 5.28. The molecule has 1 atom stereocenters. The van der Waals surface area contributed by atoms with Crippen molar-refractivity contribution in [1.82, 2.24) is 10.6 Å². The molecule has 0 radical (unpaired) electrons. The summed E-state index contributed by atoms with van der Waals surface area (Å²) in [6.45, 7) is 9.50. The van der Waals surface area contributed by atoms with E-state index in [4.69, 9.17) is 4.74 Å². The Labute approximate surface area is 117 Å². The first-order valence-electron chi connectivity index (χ1n) is 7.62. The zero-order chi connectivity index (χ0) is 14.3. The molecule has 1 aliphatic rings. The summed E-state index contributed by atoms with van der Waals surface area (Å²) in [5.41, 5.74) is -0.427. The second kappa shape index (κ2) is 7.73. The molecular weight excluding hydrogens is 240 g/mol. The maximum Gasteiger partial charge on any atom is 0.407 e. The van der Waals surface area contributed by atoms with Crippen LogP contribution < -0.4 is 10.6 Å². The molecule has 1 amide bonds. The van der Waals surface area contributed by atoms with Gasteiger partial charge in [0.2, 0.25) is 0 Å². The summed E-state index contributed by atoms with van der Waals surface area (Å²) >= 11 is 0. The van der Waals surface area contributed by atoms with Crippen LogP contribution in [0.4, 0.5) is 4.79 Å². The third-order valence-electron chi connectivity index (χ3n) is 3.49. The Kier molecular flexibility index (Phi) is 6.63. The number of hydrogen-bond donors (Lipinski definition) is 2. The van der Waals surface area contributed by atoms with Gasteiger partial charge in [0.05, 0.1) is 0 Å². The Hall–Kier alpha value is -0.770. The van der Waals surface area contributed by atoms with Gasteiger partial charge in [-0.3, -0.25) is 0 Å². The maximum atomic E-state index is 11.7. The van der Waals surface area contributed by atoms with Gasteiger partial charge >= 0.3 is 6.09 Å². The number of carbonyl (C=O) groups is 1. The van der Waals surface area contributed by atoms with Crippen molar-refractivity contribution in [2.24, 2.45) is 5.92 Å². The van der Waals surface area contributed by atoms with Crippen LogP contribution in [0.5, 0.6) is 0 Å². The lowest BCUT2D eigenvalue weighted by Crippen LogP contribution is -2.46. The van der Waals surface area contributed by atoms with Crippen LogP contribution in [0.25, 0.3) is 0 Å². The van der Waals surface area contributed by atoms with E-state index in [1.807, 2.05) is 20.8 Å². The second-order valence-electron chi connectivity index (χ2n) is 6.49. The predicted molar refractivity (Wildman–Crippen MR) is 78.3 cm³/mol. The van der Waals surface area contributed by atoms with E-state index >= 15 is 0 Å². The van der Waals surface area contributed by atoms with Crippen LogP contribution in [0, 0.1) is 5.92 Å². The van der Waals surface area contributed by atoms with Gasteiger partial charge in [-0.15, -0.1) is 0 Å². The van der Waals surface area contributed by atoms with Crippen LogP contribution >= 0.6 is 0 Å². The van der Waals surface area contributed by atoms with Crippen molar-refractivity contribution in [1.29, 1.82) is 0 Å². The lowest BCUT2D eigenvalue weighted by molar-refractivity contribution is 0.0518. The molecule has 0 heterocycles. The molecule has 1 unspecified atom stereocenters. The van der Waals surface area contributed by atoms with E-state index in [-0.39, 0.29) is 6.09 Å². The monoisotopic (exact) mass is 270 g/mol. The van der Waals surface area contributed by atoms with E-state index in [1.165, 1.54) is 25.7 Å². The van der Waals surface area contributed by atoms with Crippen LogP contribution in [0.15, 0.2) is 0 Å². The molecule has 0 aromatic carbocycles. The topological polar surface area (TPSA) is 50.4 Å². The van der Waals surface area contributed by atoms with Gasteiger partial charge in [0.25, 0.3) is 0 Å². The molecule has 0 aliphatic heterocycles. The summed E-state index contributed by atoms with van der Waals surface area (Å²) in [6, 6.07) is 0.384. The molecule has 0 saturated heterocycles. The van der Waals surface area contributed by atoms with Gasteiger partial charge in [-0.1, -0.05) is 19.8 Å². The highest BCUT2D eigenvalue weighted by Crippen LogP contribution is 2.27. The molecule has 112 valence electrons. The summed E-state index contributed by atoms with van der Waals surface area (Å²) in [5.74, 6) is 0.696. The van der Waals surface area contributed by atoms with Crippen molar-refractivity contribution >= 4 is 6.09 Å². The van der Waals surface area contributed by atoms with E-state index < -0.39 is 5.60 Å². The first-order valence-corrected chi connectivity index (χ1v) is 7.62. The fourth-order valence-corrected chi connectivity index (χ4v) is 2.60. The van der Waals surface area contributed by atoms with Gasteiger partial charge in [0.1, 0.15) is 5.60 Å². The number of alkyl carbamates (subject to hydrolysis) is 1. The van der Waals surface area contributed by atoms with Gasteiger partial charge < -0.3 is 15.4 Å². The first-order chi connectivity index (χ1) is 8.92. The second-order valence-corrected chi connectivity index (χ2v) is 6.49. The highest BCUT2D eigenvalue weighted by atomic mass is 16.6. The number of nitrogens with one attached hydrogen (secondary N) is 2. The van der Waals surface area contributed by atoms with Crippen molar-refractivity contribution in [3.8, 4) is 0 Å². The number of ether oxygens (including phenoxy) is 1. The molecule has 1 fully saturated rings. The minimum atomic E-state index is -0.427. The van der Waals surface area contributed by atoms with Crippen molar-refractivity contribution < 1.29 is 9.53 Å². The van der Waals surface area contributed by atoms with Crippen molar-refractivity contribution in [2.75, 3.05) is 13.1 Å². The van der Waals surface area contributed by atoms with Gasteiger partial charge in [-0.05, 0) is 52.5 Å². The summed E-state index contributed by atoms with van der Waals surface area (Å²) in [6.07, 6.45) is 6.00. The molecule has 1 aliphatic carbocycles. The third kappa shape index (κ3) is 6.81. The number of hydrogen-bond acceptors (Lipinski definition) is 3. The fraction of sp³-hybridized carbons (Fsp3) is 0.933. The maximum absolute atomic E-state index is 11.7. The van der Waals surface area contributed by atoms with Crippen LogP contribution in [-0.2, 0) is 4.74 Å². The SMILES string of the molecule is CCCNC(CNC(=O)OC(C)(C)C)C1CCCC1. The van der Waals surface area contributed by atoms with Crippen molar-refractivity contribution in [2.45, 2.75) is 71.4 Å². The van der Waals surface area contributed by atoms with Gasteiger partial charge in [-0.25, -0.2) is 4.79 Å². The minimum Gasteiger partial charge on any atom is -0.444 e. The molecular formula is C15H30N2O2. The molecule has 0 aromatic rings. The minimum absolute atomic E-state index is 0.311. The zero-order valence-electron chi connectivity index (χ0n) is 12.9. The Balaban J connectivity index is 2.37. The van der Waals surface area contributed by atoms with Gasteiger partial charge in [-0.2, -0.15) is 0 Å². The lowest BCUT2D eigenvalue weighted by Gasteiger charge is -2.26. The lowest BCUT2D eigenvalue weighted by atomic mass is 9.98. The highest BCUT2D eigenvalue weighted by Gasteiger charge is 2.25. The largest absolute Gasteiger partial charge is 0.444 e. The molecule has 1 rings (SSSR count).